The van der Waals surface area contributed by atoms with Crippen LogP contribution in [0.2, 0.25) is 0 Å². The van der Waals surface area contributed by atoms with Crippen LogP contribution in [0.3, 0.4) is 0 Å². The van der Waals surface area contributed by atoms with Crippen molar-refractivity contribution in [2.24, 2.45) is 7.05 Å². The van der Waals surface area contributed by atoms with Crippen molar-refractivity contribution >= 4 is 39.9 Å². The Bertz CT molecular complexity index is 1230. The van der Waals surface area contributed by atoms with Gasteiger partial charge in [0.1, 0.15) is 21.9 Å². The van der Waals surface area contributed by atoms with Crippen LogP contribution >= 0.6 is 11.3 Å². The van der Waals surface area contributed by atoms with Crippen molar-refractivity contribution in [2.45, 2.75) is 26.4 Å². The fourth-order valence-corrected chi connectivity index (χ4v) is 3.67. The fourth-order valence-electron chi connectivity index (χ4n) is 2.86. The van der Waals surface area contributed by atoms with Crippen LogP contribution in [0.25, 0.3) is 11.0 Å². The average molecular weight is 425 g/mol. The van der Waals surface area contributed by atoms with Gasteiger partial charge in [0.2, 0.25) is 0 Å². The maximum absolute atomic E-state index is 12.7. The van der Waals surface area contributed by atoms with E-state index in [4.69, 9.17) is 0 Å². The van der Waals surface area contributed by atoms with E-state index in [1.165, 1.54) is 23.9 Å². The molecule has 4 aromatic rings. The molecule has 0 fully saturated rings. The van der Waals surface area contributed by atoms with Crippen molar-refractivity contribution < 1.29 is 9.59 Å². The van der Waals surface area contributed by atoms with Gasteiger partial charge in [-0.05, 0) is 13.8 Å². The molecule has 2 amide bonds. The van der Waals surface area contributed by atoms with Gasteiger partial charge < -0.3 is 10.6 Å². The number of aromatic nitrogens is 7. The van der Waals surface area contributed by atoms with Crippen LogP contribution in [0.15, 0.2) is 31.1 Å². The number of carbonyl (C=O) groups is 2. The van der Waals surface area contributed by atoms with E-state index in [9.17, 15) is 9.59 Å². The molecule has 0 aliphatic rings. The summed E-state index contributed by atoms with van der Waals surface area (Å²) >= 11 is 1.21. The lowest BCUT2D eigenvalue weighted by Crippen LogP contribution is -2.27. The molecule has 0 aromatic carbocycles. The monoisotopic (exact) mass is 425 g/mol. The summed E-state index contributed by atoms with van der Waals surface area (Å²) < 4.78 is 3.30. The van der Waals surface area contributed by atoms with Crippen molar-refractivity contribution in [3.8, 4) is 0 Å². The minimum atomic E-state index is -0.409. The summed E-state index contributed by atoms with van der Waals surface area (Å²) in [4.78, 5) is 38.1. The van der Waals surface area contributed by atoms with Crippen molar-refractivity contribution in [1.82, 2.24) is 39.8 Å². The lowest BCUT2D eigenvalue weighted by Gasteiger charge is -2.11. The number of aryl methyl sites for hydroxylation is 2. The van der Waals surface area contributed by atoms with Crippen molar-refractivity contribution in [3.63, 3.8) is 0 Å². The Labute approximate surface area is 175 Å². The summed E-state index contributed by atoms with van der Waals surface area (Å²) in [5.74, 6) is -0.642. The number of hydrogen-bond donors (Lipinski definition) is 2. The Hall–Kier alpha value is -3.67. The maximum Gasteiger partial charge on any atom is 0.271 e. The van der Waals surface area contributed by atoms with Gasteiger partial charge in [0.15, 0.2) is 5.65 Å². The van der Waals surface area contributed by atoms with Crippen LogP contribution in [-0.2, 0) is 13.6 Å². The number of thiazole rings is 1. The first-order chi connectivity index (χ1) is 14.5. The third-order valence-corrected chi connectivity index (χ3v) is 5.60. The first kappa shape index (κ1) is 19.6. The molecule has 30 heavy (non-hydrogen) atoms. The lowest BCUT2D eigenvalue weighted by molar-refractivity contribution is 0.0936. The predicted molar refractivity (Wildman–Crippen MR) is 110 cm³/mol. The van der Waals surface area contributed by atoms with Gasteiger partial charge in [0, 0.05) is 19.8 Å². The van der Waals surface area contributed by atoms with E-state index >= 15 is 0 Å². The summed E-state index contributed by atoms with van der Waals surface area (Å²) in [7, 11) is 1.75. The van der Waals surface area contributed by atoms with Gasteiger partial charge in [-0.3, -0.25) is 19.0 Å². The molecule has 0 saturated carbocycles. The highest BCUT2D eigenvalue weighted by Gasteiger charge is 2.20. The van der Waals surface area contributed by atoms with Crippen LogP contribution in [0.4, 0.5) is 5.69 Å². The van der Waals surface area contributed by atoms with E-state index in [0.29, 0.717) is 26.6 Å². The van der Waals surface area contributed by atoms with E-state index in [-0.39, 0.29) is 17.5 Å². The average Bonchev–Trinajstić information content (AvgIpc) is 3.48. The van der Waals surface area contributed by atoms with Crippen molar-refractivity contribution in [3.05, 3.63) is 46.7 Å². The predicted octanol–water partition coefficient (Wildman–Crippen LogP) is 1.78. The molecular formula is C18H19N9O2S. The van der Waals surface area contributed by atoms with Gasteiger partial charge in [0.25, 0.3) is 11.8 Å². The minimum Gasteiger partial charge on any atom is -0.342 e. The first-order valence-electron chi connectivity index (χ1n) is 9.19. The molecule has 0 saturated heterocycles. The fraction of sp³-hybridized carbons (Fsp3) is 0.278. The summed E-state index contributed by atoms with van der Waals surface area (Å²) in [6.45, 7) is 4.48. The summed E-state index contributed by atoms with van der Waals surface area (Å²) in [5.41, 5.74) is 1.42. The van der Waals surface area contributed by atoms with Crippen LogP contribution in [0, 0.1) is 0 Å². The molecule has 4 heterocycles. The second-order valence-corrected chi connectivity index (χ2v) is 7.59. The highest BCUT2D eigenvalue weighted by Crippen LogP contribution is 2.22. The summed E-state index contributed by atoms with van der Waals surface area (Å²) in [6.07, 6.45) is 7.72. The van der Waals surface area contributed by atoms with E-state index in [1.807, 2.05) is 6.92 Å². The zero-order chi connectivity index (χ0) is 21.3. The number of anilines is 1. The molecular weight excluding hydrogens is 406 g/mol. The zero-order valence-corrected chi connectivity index (χ0v) is 17.3. The van der Waals surface area contributed by atoms with Gasteiger partial charge in [-0.15, -0.1) is 11.3 Å². The molecule has 1 unspecified atom stereocenters. The molecule has 154 valence electrons. The molecule has 4 aromatic heterocycles. The van der Waals surface area contributed by atoms with E-state index in [0.717, 1.165) is 6.54 Å². The lowest BCUT2D eigenvalue weighted by atomic mass is 10.2. The highest BCUT2D eigenvalue weighted by molar-refractivity contribution is 7.13. The molecule has 0 aliphatic heterocycles. The van der Waals surface area contributed by atoms with Crippen molar-refractivity contribution in [1.29, 1.82) is 0 Å². The van der Waals surface area contributed by atoms with Crippen molar-refractivity contribution in [2.75, 3.05) is 5.32 Å². The highest BCUT2D eigenvalue weighted by atomic mass is 32.1. The third kappa shape index (κ3) is 3.76. The molecule has 11 nitrogen and oxygen atoms in total. The molecule has 0 radical (unpaired) electrons. The van der Waals surface area contributed by atoms with Crippen LogP contribution < -0.4 is 10.6 Å². The number of amides is 2. The Morgan fingerprint density at radius 2 is 1.97 bits per heavy atom. The normalized spacial score (nSPS) is 12.1. The standard InChI is InChI=1S/C18H19N9O2S/c1-4-27-8-11(5-23-27)25-16(28)13-7-19-18(30-13)10(2)24-17(29)14-12-6-22-26(3)15(12)21-9-20-14/h5-10H,4H2,1-3H3,(H,24,29)(H,25,28). The van der Waals surface area contributed by atoms with Crippen LogP contribution in [0.5, 0.6) is 0 Å². The first-order valence-corrected chi connectivity index (χ1v) is 10.0. The number of nitrogens with one attached hydrogen (secondary N) is 2. The number of hydrogen-bond acceptors (Lipinski definition) is 8. The topological polar surface area (TPSA) is 133 Å². The molecule has 4 rings (SSSR count). The van der Waals surface area contributed by atoms with E-state index < -0.39 is 6.04 Å². The number of rotatable bonds is 6. The van der Waals surface area contributed by atoms with Gasteiger partial charge in [-0.25, -0.2) is 15.0 Å². The molecule has 0 spiro atoms. The minimum absolute atomic E-state index is 0.238. The SMILES string of the molecule is CCn1cc(NC(=O)c2cnc(C(C)NC(=O)c3ncnc4c3cnn4C)s2)cn1. The Kier molecular flexibility index (Phi) is 5.23. The van der Waals surface area contributed by atoms with Gasteiger partial charge >= 0.3 is 0 Å². The number of carbonyl (C=O) groups excluding carboxylic acids is 2. The van der Waals surface area contributed by atoms with E-state index in [2.05, 4.69) is 35.8 Å². The summed E-state index contributed by atoms with van der Waals surface area (Å²) in [5, 5.41) is 15.1. The maximum atomic E-state index is 12.7. The quantitative estimate of drug-likeness (QED) is 0.481. The van der Waals surface area contributed by atoms with E-state index in [1.54, 1.807) is 41.9 Å². The second kappa shape index (κ2) is 7.99. The zero-order valence-electron chi connectivity index (χ0n) is 16.5. The van der Waals surface area contributed by atoms with Gasteiger partial charge in [-0.1, -0.05) is 0 Å². The molecule has 0 aliphatic carbocycles. The van der Waals surface area contributed by atoms with Gasteiger partial charge in [-0.2, -0.15) is 10.2 Å². The largest absolute Gasteiger partial charge is 0.342 e. The Balaban J connectivity index is 1.45. The Morgan fingerprint density at radius 1 is 1.13 bits per heavy atom. The smallest absolute Gasteiger partial charge is 0.271 e. The molecule has 0 bridgehead atoms. The second-order valence-electron chi connectivity index (χ2n) is 6.52. The Morgan fingerprint density at radius 3 is 2.73 bits per heavy atom. The molecule has 12 heteroatoms. The molecule has 1 atom stereocenters. The third-order valence-electron chi connectivity index (χ3n) is 4.43. The number of fused-ring (bicyclic) bond motifs is 1. The summed E-state index contributed by atoms with van der Waals surface area (Å²) in [6, 6.07) is -0.409. The number of nitrogens with zero attached hydrogens (tertiary/aromatic N) is 7. The molecule has 2 N–H and O–H groups in total. The van der Waals surface area contributed by atoms with Gasteiger partial charge in [0.05, 0.1) is 35.7 Å². The van der Waals surface area contributed by atoms with Crippen LogP contribution in [-0.4, -0.2) is 46.3 Å². The van der Waals surface area contributed by atoms with Crippen LogP contribution in [0.1, 0.15) is 45.1 Å².